The lowest BCUT2D eigenvalue weighted by atomic mass is 9.90. The molecule has 0 spiro atoms. The number of thioether (sulfide) groups is 1. The standard InChI is InChI=1S/C26H29N3O3S3/c1-33-23-8-4-5-9-24(23)35(31,32)29-14-12-19(13-15-29)25(30)28-26-27-22(17-34-26)21-11-10-18-6-2-3-7-20(18)16-21/h4-5,8-11,16-17,19H,2-3,6-7,12-15H2,1H3,(H,27,28,30). The number of amides is 1. The van der Waals surface area contributed by atoms with Gasteiger partial charge >= 0.3 is 0 Å². The van der Waals surface area contributed by atoms with Crippen LogP contribution in [0.2, 0.25) is 0 Å². The number of hydrogen-bond donors (Lipinski definition) is 1. The van der Waals surface area contributed by atoms with Gasteiger partial charge < -0.3 is 5.32 Å². The number of anilines is 1. The molecule has 184 valence electrons. The van der Waals surface area contributed by atoms with E-state index in [4.69, 9.17) is 0 Å². The van der Waals surface area contributed by atoms with Crippen molar-refractivity contribution in [3.63, 3.8) is 0 Å². The molecular formula is C26H29N3O3S3. The first-order chi connectivity index (χ1) is 17.0. The Morgan fingerprint density at radius 2 is 1.83 bits per heavy atom. The fourth-order valence-corrected chi connectivity index (χ4v) is 8.21. The Kier molecular flexibility index (Phi) is 7.29. The third-order valence-electron chi connectivity index (χ3n) is 6.89. The van der Waals surface area contributed by atoms with Crippen LogP contribution < -0.4 is 5.32 Å². The molecule has 0 atom stereocenters. The van der Waals surface area contributed by atoms with Gasteiger partial charge in [0.25, 0.3) is 0 Å². The number of hydrogen-bond acceptors (Lipinski definition) is 6. The summed E-state index contributed by atoms with van der Waals surface area (Å²) < 4.78 is 27.8. The molecule has 1 N–H and O–H groups in total. The molecule has 1 aliphatic carbocycles. The van der Waals surface area contributed by atoms with Crippen molar-refractivity contribution in [2.75, 3.05) is 24.7 Å². The Bertz CT molecular complexity index is 1330. The Labute approximate surface area is 215 Å². The smallest absolute Gasteiger partial charge is 0.244 e. The van der Waals surface area contributed by atoms with Crippen LogP contribution in [-0.4, -0.2) is 43.0 Å². The SMILES string of the molecule is CSc1ccccc1S(=O)(=O)N1CCC(C(=O)Nc2nc(-c3ccc4c(c3)CCCC4)cs2)CC1. The second-order valence-corrected chi connectivity index (χ2v) is 12.7. The van der Waals surface area contributed by atoms with Gasteiger partial charge in [-0.3, -0.25) is 4.79 Å². The van der Waals surface area contributed by atoms with Gasteiger partial charge in [-0.05, 0) is 74.1 Å². The highest BCUT2D eigenvalue weighted by molar-refractivity contribution is 7.99. The van der Waals surface area contributed by atoms with Crippen LogP contribution >= 0.6 is 23.1 Å². The van der Waals surface area contributed by atoms with Crippen LogP contribution in [0.15, 0.2) is 57.6 Å². The van der Waals surface area contributed by atoms with Crippen molar-refractivity contribution in [3.05, 3.63) is 59.0 Å². The lowest BCUT2D eigenvalue weighted by Gasteiger charge is -2.30. The molecule has 0 radical (unpaired) electrons. The first-order valence-corrected chi connectivity index (χ1v) is 15.5. The number of sulfonamides is 1. The zero-order chi connectivity index (χ0) is 24.4. The molecule has 35 heavy (non-hydrogen) atoms. The third kappa shape index (κ3) is 5.18. The van der Waals surface area contributed by atoms with Gasteiger partial charge in [0.2, 0.25) is 15.9 Å². The second-order valence-electron chi connectivity index (χ2n) is 9.05. The van der Waals surface area contributed by atoms with Crippen molar-refractivity contribution in [2.45, 2.75) is 48.3 Å². The number of fused-ring (bicyclic) bond motifs is 1. The van der Waals surface area contributed by atoms with Gasteiger partial charge in [0.05, 0.1) is 10.6 Å². The number of rotatable bonds is 6. The topological polar surface area (TPSA) is 79.4 Å². The second kappa shape index (κ2) is 10.4. The van der Waals surface area contributed by atoms with E-state index in [1.165, 1.54) is 51.4 Å². The summed E-state index contributed by atoms with van der Waals surface area (Å²) in [5.74, 6) is -0.314. The van der Waals surface area contributed by atoms with E-state index < -0.39 is 10.0 Å². The van der Waals surface area contributed by atoms with Crippen LogP contribution in [0, 0.1) is 5.92 Å². The van der Waals surface area contributed by atoms with Gasteiger partial charge in [-0.1, -0.05) is 24.3 Å². The molecule has 2 heterocycles. The summed E-state index contributed by atoms with van der Waals surface area (Å²) in [7, 11) is -3.58. The first kappa shape index (κ1) is 24.5. The lowest BCUT2D eigenvalue weighted by molar-refractivity contribution is -0.120. The molecule has 1 fully saturated rings. The van der Waals surface area contributed by atoms with Crippen LogP contribution in [0.1, 0.15) is 36.8 Å². The van der Waals surface area contributed by atoms with E-state index in [2.05, 4.69) is 28.5 Å². The molecule has 1 aliphatic heterocycles. The monoisotopic (exact) mass is 527 g/mol. The normalized spacial score (nSPS) is 17.2. The van der Waals surface area contributed by atoms with E-state index >= 15 is 0 Å². The molecule has 6 nitrogen and oxygen atoms in total. The van der Waals surface area contributed by atoms with Crippen molar-refractivity contribution in [2.24, 2.45) is 5.92 Å². The fraction of sp³-hybridized carbons (Fsp3) is 0.385. The summed E-state index contributed by atoms with van der Waals surface area (Å²) in [6.45, 7) is 0.669. The van der Waals surface area contributed by atoms with Gasteiger partial charge in [-0.25, -0.2) is 13.4 Å². The Hall–Kier alpha value is -2.20. The molecule has 9 heteroatoms. The lowest BCUT2D eigenvalue weighted by Crippen LogP contribution is -2.41. The van der Waals surface area contributed by atoms with Crippen LogP contribution in [0.5, 0.6) is 0 Å². The molecule has 1 aromatic heterocycles. The predicted molar refractivity (Wildman–Crippen MR) is 143 cm³/mol. The number of aromatic nitrogens is 1. The molecule has 3 aromatic rings. The van der Waals surface area contributed by atoms with Gasteiger partial charge in [0, 0.05) is 34.8 Å². The number of piperidine rings is 1. The molecule has 1 amide bonds. The minimum absolute atomic E-state index is 0.0853. The maximum Gasteiger partial charge on any atom is 0.244 e. The maximum absolute atomic E-state index is 13.2. The van der Waals surface area contributed by atoms with Gasteiger partial charge in [-0.2, -0.15) is 4.31 Å². The minimum atomic E-state index is -3.58. The summed E-state index contributed by atoms with van der Waals surface area (Å²) in [5.41, 5.74) is 4.82. The Balaban J connectivity index is 1.20. The first-order valence-electron chi connectivity index (χ1n) is 12.0. The summed E-state index contributed by atoms with van der Waals surface area (Å²) in [4.78, 5) is 18.7. The number of nitrogens with zero attached hydrogens (tertiary/aromatic N) is 2. The molecule has 0 bridgehead atoms. The van der Waals surface area contributed by atoms with Crippen molar-refractivity contribution in [1.29, 1.82) is 0 Å². The molecular weight excluding hydrogens is 499 g/mol. The molecule has 2 aliphatic rings. The Morgan fingerprint density at radius 1 is 1.09 bits per heavy atom. The summed E-state index contributed by atoms with van der Waals surface area (Å²) in [6, 6.07) is 13.6. The number of carbonyl (C=O) groups excluding carboxylic acids is 1. The number of carbonyl (C=O) groups is 1. The molecule has 1 saturated heterocycles. The average molecular weight is 528 g/mol. The summed E-state index contributed by atoms with van der Waals surface area (Å²) in [6.07, 6.45) is 7.63. The van der Waals surface area contributed by atoms with Crippen molar-refractivity contribution in [3.8, 4) is 11.3 Å². The number of nitrogens with one attached hydrogen (secondary N) is 1. The summed E-state index contributed by atoms with van der Waals surface area (Å²) >= 11 is 2.85. The number of thiazole rings is 1. The largest absolute Gasteiger partial charge is 0.302 e. The van der Waals surface area contributed by atoms with Gasteiger partial charge in [0.15, 0.2) is 5.13 Å². The molecule has 0 saturated carbocycles. The quantitative estimate of drug-likeness (QED) is 0.431. The van der Waals surface area contributed by atoms with Crippen LogP contribution in [0.4, 0.5) is 5.13 Å². The average Bonchev–Trinajstić information content (AvgIpc) is 3.37. The van der Waals surface area contributed by atoms with Crippen molar-refractivity contribution in [1.82, 2.24) is 9.29 Å². The van der Waals surface area contributed by atoms with E-state index in [1.807, 2.05) is 23.8 Å². The van der Waals surface area contributed by atoms with E-state index in [0.29, 0.717) is 36.0 Å². The molecule has 0 unspecified atom stereocenters. The third-order valence-corrected chi connectivity index (χ3v) is 10.5. The van der Waals surface area contributed by atoms with Gasteiger partial charge in [0.1, 0.15) is 0 Å². The van der Waals surface area contributed by atoms with Crippen LogP contribution in [-0.2, 0) is 27.7 Å². The van der Waals surface area contributed by atoms with E-state index in [0.717, 1.165) is 29.0 Å². The Morgan fingerprint density at radius 3 is 2.60 bits per heavy atom. The number of benzene rings is 2. The number of aryl methyl sites for hydroxylation is 2. The molecule has 2 aromatic carbocycles. The van der Waals surface area contributed by atoms with E-state index in [-0.39, 0.29) is 11.8 Å². The van der Waals surface area contributed by atoms with Crippen molar-refractivity contribution < 1.29 is 13.2 Å². The van der Waals surface area contributed by atoms with Crippen LogP contribution in [0.3, 0.4) is 0 Å². The minimum Gasteiger partial charge on any atom is -0.302 e. The van der Waals surface area contributed by atoms with E-state index in [9.17, 15) is 13.2 Å². The highest BCUT2D eigenvalue weighted by Crippen LogP contribution is 2.32. The highest BCUT2D eigenvalue weighted by Gasteiger charge is 2.33. The zero-order valence-corrected chi connectivity index (χ0v) is 22.1. The zero-order valence-electron chi connectivity index (χ0n) is 19.7. The summed E-state index contributed by atoms with van der Waals surface area (Å²) in [5, 5.41) is 5.54. The van der Waals surface area contributed by atoms with E-state index in [1.54, 1.807) is 12.1 Å². The predicted octanol–water partition coefficient (Wildman–Crippen LogP) is 5.45. The molecule has 5 rings (SSSR count). The maximum atomic E-state index is 13.2. The van der Waals surface area contributed by atoms with Crippen molar-refractivity contribution >= 4 is 44.2 Å². The highest BCUT2D eigenvalue weighted by atomic mass is 32.2. The van der Waals surface area contributed by atoms with Gasteiger partial charge in [-0.15, -0.1) is 23.1 Å². The van der Waals surface area contributed by atoms with Crippen LogP contribution in [0.25, 0.3) is 11.3 Å². The fourth-order valence-electron chi connectivity index (χ4n) is 4.89.